The largest absolute Gasteiger partial charge is 0.504 e. The van der Waals surface area contributed by atoms with Crippen LogP contribution in [-0.2, 0) is 9.59 Å². The average molecular weight is 548 g/mol. The quantitative estimate of drug-likeness (QED) is 0.371. The molecule has 1 aliphatic heterocycles. The molecule has 1 saturated heterocycles. The highest BCUT2D eigenvalue weighted by atomic mass is 16.3. The maximum Gasteiger partial charge on any atom is 0.228 e. The Kier molecular flexibility index (Phi) is 6.25. The molecule has 0 bridgehead atoms. The number of fused-ring (bicyclic) bond motifs is 7. The highest BCUT2D eigenvalue weighted by Gasteiger charge is 2.66. The van der Waals surface area contributed by atoms with Gasteiger partial charge >= 0.3 is 0 Å². The maximum absolute atomic E-state index is 13.9. The molecule has 1 heterocycles. The maximum atomic E-state index is 13.9. The molecule has 0 aromatic heterocycles. The first kappa shape index (κ1) is 28.0. The van der Waals surface area contributed by atoms with E-state index in [0.717, 1.165) is 62.5 Å². The molecule has 0 spiro atoms. The summed E-state index contributed by atoms with van der Waals surface area (Å²) in [6, 6.07) is 0. The van der Waals surface area contributed by atoms with Gasteiger partial charge in [-0.05, 0) is 111 Å². The summed E-state index contributed by atoms with van der Waals surface area (Å²) in [7, 11) is 0. The van der Waals surface area contributed by atoms with Crippen LogP contribution >= 0.6 is 0 Å². The Hall–Kier alpha value is -2.14. The lowest BCUT2D eigenvalue weighted by Crippen LogP contribution is -2.59. The molecule has 40 heavy (non-hydrogen) atoms. The molecule has 6 rings (SSSR count). The predicted octanol–water partition coefficient (Wildman–Crippen LogP) is 6.99. The van der Waals surface area contributed by atoms with Gasteiger partial charge in [0, 0.05) is 29.5 Å². The number of carbonyl (C=O) groups excluding carboxylic acids is 2. The van der Waals surface area contributed by atoms with Crippen LogP contribution < -0.4 is 0 Å². The van der Waals surface area contributed by atoms with E-state index in [0.29, 0.717) is 43.3 Å². The molecule has 5 nitrogen and oxygen atoms in total. The van der Waals surface area contributed by atoms with E-state index in [2.05, 4.69) is 46.8 Å². The summed E-state index contributed by atoms with van der Waals surface area (Å²) in [6.45, 7) is 15.3. The number of hydrogen-bond donors (Lipinski definition) is 2. The van der Waals surface area contributed by atoms with Crippen molar-refractivity contribution in [2.45, 2.75) is 112 Å². The minimum Gasteiger partial charge on any atom is -0.504 e. The van der Waals surface area contributed by atoms with Crippen molar-refractivity contribution in [1.29, 1.82) is 0 Å². The summed E-state index contributed by atoms with van der Waals surface area (Å²) in [5.74, 6) is 0.448. The van der Waals surface area contributed by atoms with Crippen molar-refractivity contribution < 1.29 is 19.8 Å². The minimum atomic E-state index is -0.334. The topological polar surface area (TPSA) is 77.8 Å². The molecule has 5 heteroatoms. The fourth-order valence-electron chi connectivity index (χ4n) is 10.4. The molecule has 0 unspecified atom stereocenters. The SMILES string of the molecule is CC1=C(O)C(=O)C=C2C1=CC=C1[C@@]2(C)CC[C@@]2(C)[C@H]3CC[C@](C)(C(=O)N4CCC(O)CC4)CC[C@]3(C)CC[C@]12C. The van der Waals surface area contributed by atoms with Crippen molar-refractivity contribution in [1.82, 2.24) is 4.90 Å². The smallest absolute Gasteiger partial charge is 0.228 e. The van der Waals surface area contributed by atoms with Gasteiger partial charge in [-0.15, -0.1) is 0 Å². The summed E-state index contributed by atoms with van der Waals surface area (Å²) >= 11 is 0. The van der Waals surface area contributed by atoms with Crippen LogP contribution in [0.25, 0.3) is 0 Å². The Labute approximate surface area is 240 Å². The van der Waals surface area contributed by atoms with Gasteiger partial charge in [-0.25, -0.2) is 0 Å². The van der Waals surface area contributed by atoms with E-state index in [1.54, 1.807) is 6.08 Å². The molecule has 4 fully saturated rings. The van der Waals surface area contributed by atoms with Gasteiger partial charge in [-0.1, -0.05) is 52.3 Å². The fraction of sp³-hybridized carbons (Fsp3) is 0.714. The van der Waals surface area contributed by atoms with Crippen LogP contribution in [0.1, 0.15) is 106 Å². The molecule has 218 valence electrons. The molecule has 0 radical (unpaired) electrons. The Morgan fingerprint density at radius 2 is 1.57 bits per heavy atom. The molecular weight excluding hydrogens is 498 g/mol. The predicted molar refractivity (Wildman–Crippen MR) is 157 cm³/mol. The second-order valence-corrected chi connectivity index (χ2v) is 15.5. The normalized spacial score (nSPS) is 43.9. The molecule has 5 aliphatic carbocycles. The number of ketones is 1. The van der Waals surface area contributed by atoms with Crippen molar-refractivity contribution in [3.63, 3.8) is 0 Å². The number of allylic oxidation sites excluding steroid dienone is 7. The third kappa shape index (κ3) is 3.68. The number of likely N-dealkylation sites (tertiary alicyclic amines) is 1. The number of hydrogen-bond acceptors (Lipinski definition) is 4. The van der Waals surface area contributed by atoms with Gasteiger partial charge < -0.3 is 15.1 Å². The van der Waals surface area contributed by atoms with Gasteiger partial charge in [0.1, 0.15) is 0 Å². The van der Waals surface area contributed by atoms with Crippen molar-refractivity contribution in [3.8, 4) is 0 Å². The Bertz CT molecular complexity index is 1280. The lowest BCUT2D eigenvalue weighted by molar-refractivity contribution is -0.144. The second kappa shape index (κ2) is 8.93. The highest BCUT2D eigenvalue weighted by Crippen LogP contribution is 2.74. The summed E-state index contributed by atoms with van der Waals surface area (Å²) in [4.78, 5) is 28.7. The van der Waals surface area contributed by atoms with E-state index in [1.807, 2.05) is 11.8 Å². The van der Waals surface area contributed by atoms with Crippen molar-refractivity contribution >= 4 is 11.7 Å². The van der Waals surface area contributed by atoms with E-state index in [9.17, 15) is 19.8 Å². The van der Waals surface area contributed by atoms with Gasteiger partial charge in [-0.2, -0.15) is 0 Å². The lowest BCUT2D eigenvalue weighted by atomic mass is 9.36. The zero-order valence-electron chi connectivity index (χ0n) is 25.5. The van der Waals surface area contributed by atoms with Gasteiger partial charge in [0.2, 0.25) is 11.7 Å². The zero-order chi connectivity index (χ0) is 28.9. The average Bonchev–Trinajstić information content (AvgIpc) is 3.06. The fourth-order valence-corrected chi connectivity index (χ4v) is 10.4. The number of carbonyl (C=O) groups is 2. The van der Waals surface area contributed by atoms with E-state index < -0.39 is 0 Å². The van der Waals surface area contributed by atoms with Crippen LogP contribution in [0.2, 0.25) is 0 Å². The number of aliphatic hydroxyl groups is 2. The summed E-state index contributed by atoms with van der Waals surface area (Å²) in [5, 5.41) is 20.4. The molecule has 2 N–H and O–H groups in total. The number of rotatable bonds is 1. The monoisotopic (exact) mass is 547 g/mol. The van der Waals surface area contributed by atoms with Crippen LogP contribution in [0.15, 0.2) is 46.3 Å². The Morgan fingerprint density at radius 3 is 2.27 bits per heavy atom. The van der Waals surface area contributed by atoms with Crippen molar-refractivity contribution in [2.75, 3.05) is 13.1 Å². The third-order valence-electron chi connectivity index (χ3n) is 13.5. The van der Waals surface area contributed by atoms with Gasteiger partial charge in [0.15, 0.2) is 5.76 Å². The van der Waals surface area contributed by atoms with Crippen LogP contribution in [0, 0.1) is 33.0 Å². The highest BCUT2D eigenvalue weighted by molar-refractivity contribution is 6.06. The standard InChI is InChI=1S/C35H49NO4/c1-22-24-7-8-28-33(4,25(24)21-26(38)29(22)39)16-18-34(5)27-9-12-32(3,30(40)36-19-10-23(37)11-20-36)14-13-31(27,2)15-17-35(28,34)6/h7-8,21,23,27,37,39H,9-20H2,1-6H3/t27-,31+,32-,33-,34-,35+/m0/s1. The van der Waals surface area contributed by atoms with Crippen molar-refractivity contribution in [2.24, 2.45) is 33.0 Å². The molecular formula is C35H49NO4. The minimum absolute atomic E-state index is 0.000956. The van der Waals surface area contributed by atoms with Gasteiger partial charge in [0.25, 0.3) is 0 Å². The number of piperidine rings is 1. The van der Waals surface area contributed by atoms with E-state index >= 15 is 0 Å². The zero-order valence-corrected chi connectivity index (χ0v) is 25.5. The third-order valence-corrected chi connectivity index (χ3v) is 13.5. The first-order valence-corrected chi connectivity index (χ1v) is 15.8. The molecule has 6 atom stereocenters. The van der Waals surface area contributed by atoms with Crippen molar-refractivity contribution in [3.05, 3.63) is 46.3 Å². The van der Waals surface area contributed by atoms with Gasteiger partial charge in [0.05, 0.1) is 6.10 Å². The van der Waals surface area contributed by atoms with Crippen LogP contribution in [0.3, 0.4) is 0 Å². The molecule has 6 aliphatic rings. The van der Waals surface area contributed by atoms with Crippen LogP contribution in [0.4, 0.5) is 0 Å². The van der Waals surface area contributed by atoms with Crippen LogP contribution in [0.5, 0.6) is 0 Å². The number of nitrogens with zero attached hydrogens (tertiary/aromatic N) is 1. The van der Waals surface area contributed by atoms with E-state index in [4.69, 9.17) is 0 Å². The molecule has 3 saturated carbocycles. The summed E-state index contributed by atoms with van der Waals surface area (Å²) in [6.07, 6.45) is 15.7. The van der Waals surface area contributed by atoms with E-state index in [1.165, 1.54) is 5.57 Å². The molecule has 1 amide bonds. The molecule has 0 aromatic carbocycles. The Balaban J connectivity index is 1.34. The molecule has 0 aromatic rings. The first-order chi connectivity index (χ1) is 18.7. The van der Waals surface area contributed by atoms with E-state index in [-0.39, 0.29) is 44.7 Å². The lowest BCUT2D eigenvalue weighted by Gasteiger charge is -2.68. The summed E-state index contributed by atoms with van der Waals surface area (Å²) in [5.41, 5.74) is 4.04. The number of aliphatic hydroxyl groups excluding tert-OH is 2. The van der Waals surface area contributed by atoms with Gasteiger partial charge in [-0.3, -0.25) is 9.59 Å². The Morgan fingerprint density at radius 1 is 0.900 bits per heavy atom. The summed E-state index contributed by atoms with van der Waals surface area (Å²) < 4.78 is 0. The van der Waals surface area contributed by atoms with Crippen LogP contribution in [-0.4, -0.2) is 46.0 Å². The number of amides is 1. The second-order valence-electron chi connectivity index (χ2n) is 15.5. The first-order valence-electron chi connectivity index (χ1n) is 15.8.